The summed E-state index contributed by atoms with van der Waals surface area (Å²) in [4.78, 5) is 13.2. The highest BCUT2D eigenvalue weighted by atomic mass is 79.9. The molecule has 0 amide bonds. The number of aldehydes is 1. The van der Waals surface area contributed by atoms with E-state index < -0.39 is 0 Å². The van der Waals surface area contributed by atoms with Crippen molar-refractivity contribution in [3.8, 4) is 0 Å². The third kappa shape index (κ3) is 3.53. The Kier molecular flexibility index (Phi) is 5.06. The van der Waals surface area contributed by atoms with Gasteiger partial charge in [0.1, 0.15) is 6.29 Å². The lowest BCUT2D eigenvalue weighted by Gasteiger charge is -2.13. The predicted molar refractivity (Wildman–Crippen MR) is 89.0 cm³/mol. The van der Waals surface area contributed by atoms with Crippen molar-refractivity contribution in [1.29, 1.82) is 0 Å². The molecule has 0 saturated carbocycles. The van der Waals surface area contributed by atoms with Crippen LogP contribution in [0, 0.1) is 20.8 Å². The quantitative estimate of drug-likeness (QED) is 0.543. The number of alkyl halides is 1. The standard InChI is InChI=1S/C17H17BrOS/c1-11-4-6-14(7-5-11)20-15-8-12(2)17(13(3)9-15)16(18)10-19/h4-10,16H,1-3H3. The van der Waals surface area contributed by atoms with Gasteiger partial charge in [-0.3, -0.25) is 0 Å². The zero-order valence-electron chi connectivity index (χ0n) is 11.8. The van der Waals surface area contributed by atoms with Gasteiger partial charge in [0.2, 0.25) is 0 Å². The first-order chi connectivity index (χ1) is 9.51. The minimum absolute atomic E-state index is 0.221. The maximum atomic E-state index is 11.0. The smallest absolute Gasteiger partial charge is 0.138 e. The molecule has 0 aliphatic heterocycles. The van der Waals surface area contributed by atoms with E-state index in [0.29, 0.717) is 0 Å². The van der Waals surface area contributed by atoms with Gasteiger partial charge in [0.05, 0.1) is 4.83 Å². The lowest BCUT2D eigenvalue weighted by Crippen LogP contribution is -1.98. The van der Waals surface area contributed by atoms with Gasteiger partial charge in [-0.2, -0.15) is 0 Å². The Morgan fingerprint density at radius 1 is 1.00 bits per heavy atom. The summed E-state index contributed by atoms with van der Waals surface area (Å²) in [6.07, 6.45) is 0.933. The number of hydrogen-bond donors (Lipinski definition) is 0. The van der Waals surface area contributed by atoms with Crippen molar-refractivity contribution in [1.82, 2.24) is 0 Å². The van der Waals surface area contributed by atoms with Crippen LogP contribution in [0.4, 0.5) is 0 Å². The van der Waals surface area contributed by atoms with E-state index in [1.54, 1.807) is 11.8 Å². The Balaban J connectivity index is 2.30. The van der Waals surface area contributed by atoms with Gasteiger partial charge >= 0.3 is 0 Å². The van der Waals surface area contributed by atoms with Crippen molar-refractivity contribution in [2.75, 3.05) is 0 Å². The first-order valence-corrected chi connectivity index (χ1v) is 8.19. The molecule has 1 atom stereocenters. The van der Waals surface area contributed by atoms with Gasteiger partial charge in [0, 0.05) is 9.79 Å². The molecule has 0 saturated heterocycles. The molecule has 0 N–H and O–H groups in total. The molecule has 2 aromatic rings. The number of hydrogen-bond acceptors (Lipinski definition) is 2. The molecule has 0 heterocycles. The minimum Gasteiger partial charge on any atom is -0.302 e. The molecule has 1 unspecified atom stereocenters. The summed E-state index contributed by atoms with van der Waals surface area (Å²) in [6, 6.07) is 12.8. The zero-order valence-corrected chi connectivity index (χ0v) is 14.2. The van der Waals surface area contributed by atoms with Crippen LogP contribution >= 0.6 is 27.7 Å². The predicted octanol–water partition coefficient (Wildman–Crippen LogP) is 5.40. The monoisotopic (exact) mass is 348 g/mol. The molecule has 0 aliphatic rings. The van der Waals surface area contributed by atoms with Gasteiger partial charge in [-0.1, -0.05) is 45.4 Å². The number of halogens is 1. The average molecular weight is 349 g/mol. The highest BCUT2D eigenvalue weighted by molar-refractivity contribution is 9.09. The van der Waals surface area contributed by atoms with Gasteiger partial charge < -0.3 is 4.79 Å². The van der Waals surface area contributed by atoms with Crippen LogP contribution in [0.3, 0.4) is 0 Å². The van der Waals surface area contributed by atoms with Crippen molar-refractivity contribution in [3.63, 3.8) is 0 Å². The number of aryl methyl sites for hydroxylation is 3. The first kappa shape index (κ1) is 15.3. The Bertz CT molecular complexity index is 596. The lowest BCUT2D eigenvalue weighted by atomic mass is 10.0. The van der Waals surface area contributed by atoms with Crippen LogP contribution in [0.15, 0.2) is 46.2 Å². The normalized spacial score (nSPS) is 12.2. The van der Waals surface area contributed by atoms with E-state index >= 15 is 0 Å². The molecule has 0 spiro atoms. The number of benzene rings is 2. The van der Waals surface area contributed by atoms with E-state index in [9.17, 15) is 4.79 Å². The summed E-state index contributed by atoms with van der Waals surface area (Å²) >= 11 is 5.16. The highest BCUT2D eigenvalue weighted by Gasteiger charge is 2.13. The zero-order chi connectivity index (χ0) is 14.7. The number of carbonyl (C=O) groups is 1. The molecule has 20 heavy (non-hydrogen) atoms. The molecule has 3 heteroatoms. The van der Waals surface area contributed by atoms with Crippen LogP contribution in [0.2, 0.25) is 0 Å². The van der Waals surface area contributed by atoms with Crippen LogP contribution in [0.5, 0.6) is 0 Å². The van der Waals surface area contributed by atoms with E-state index in [0.717, 1.165) is 23.0 Å². The maximum Gasteiger partial charge on any atom is 0.138 e. The third-order valence-electron chi connectivity index (χ3n) is 3.22. The van der Waals surface area contributed by atoms with Gasteiger partial charge in [-0.05, 0) is 61.7 Å². The fraction of sp³-hybridized carbons (Fsp3) is 0.235. The molecular weight excluding hydrogens is 332 g/mol. The summed E-state index contributed by atoms with van der Waals surface area (Å²) in [5.41, 5.74) is 4.64. The second kappa shape index (κ2) is 6.59. The van der Waals surface area contributed by atoms with Crippen LogP contribution in [-0.2, 0) is 4.79 Å². The molecule has 2 aromatic carbocycles. The number of rotatable bonds is 4. The van der Waals surface area contributed by atoms with E-state index in [1.807, 2.05) is 0 Å². The molecule has 104 valence electrons. The summed E-state index contributed by atoms with van der Waals surface area (Å²) in [5.74, 6) is 0. The van der Waals surface area contributed by atoms with Crippen LogP contribution in [-0.4, -0.2) is 6.29 Å². The summed E-state index contributed by atoms with van der Waals surface area (Å²) in [7, 11) is 0. The van der Waals surface area contributed by atoms with E-state index in [2.05, 4.69) is 73.1 Å². The Morgan fingerprint density at radius 3 is 2.05 bits per heavy atom. The Morgan fingerprint density at radius 2 is 1.55 bits per heavy atom. The summed E-state index contributed by atoms with van der Waals surface area (Å²) < 4.78 is 0. The summed E-state index contributed by atoms with van der Waals surface area (Å²) in [6.45, 7) is 6.20. The van der Waals surface area contributed by atoms with Crippen molar-refractivity contribution >= 4 is 34.0 Å². The molecule has 0 fully saturated rings. The minimum atomic E-state index is -0.221. The van der Waals surface area contributed by atoms with Crippen LogP contribution < -0.4 is 0 Å². The Labute approximate surface area is 132 Å². The molecule has 0 aromatic heterocycles. The molecule has 1 nitrogen and oxygen atoms in total. The average Bonchev–Trinajstić information content (AvgIpc) is 2.40. The molecule has 2 rings (SSSR count). The Hall–Kier alpha value is -1.06. The van der Waals surface area contributed by atoms with Gasteiger partial charge in [0.25, 0.3) is 0 Å². The third-order valence-corrected chi connectivity index (χ3v) is 4.87. The van der Waals surface area contributed by atoms with Gasteiger partial charge in [0.15, 0.2) is 0 Å². The van der Waals surface area contributed by atoms with Gasteiger partial charge in [-0.25, -0.2) is 0 Å². The molecule has 0 bridgehead atoms. The highest BCUT2D eigenvalue weighted by Crippen LogP contribution is 2.34. The molecular formula is C17H17BrOS. The van der Waals surface area contributed by atoms with E-state index in [1.165, 1.54) is 15.4 Å². The van der Waals surface area contributed by atoms with Crippen LogP contribution in [0.1, 0.15) is 27.1 Å². The van der Waals surface area contributed by atoms with Gasteiger partial charge in [-0.15, -0.1) is 0 Å². The molecule has 0 radical (unpaired) electrons. The summed E-state index contributed by atoms with van der Waals surface area (Å²) in [5, 5.41) is 0. The second-order valence-electron chi connectivity index (χ2n) is 4.92. The van der Waals surface area contributed by atoms with E-state index in [4.69, 9.17) is 0 Å². The largest absolute Gasteiger partial charge is 0.302 e. The molecule has 0 aliphatic carbocycles. The maximum absolute atomic E-state index is 11.0. The first-order valence-electron chi connectivity index (χ1n) is 6.46. The van der Waals surface area contributed by atoms with Crippen molar-refractivity contribution in [3.05, 3.63) is 58.7 Å². The number of carbonyl (C=O) groups excluding carboxylic acids is 1. The topological polar surface area (TPSA) is 17.1 Å². The van der Waals surface area contributed by atoms with Crippen molar-refractivity contribution in [2.24, 2.45) is 0 Å². The fourth-order valence-corrected chi connectivity index (χ4v) is 3.98. The van der Waals surface area contributed by atoms with E-state index in [-0.39, 0.29) is 4.83 Å². The van der Waals surface area contributed by atoms with Crippen LogP contribution in [0.25, 0.3) is 0 Å². The second-order valence-corrected chi connectivity index (χ2v) is 7.06. The fourth-order valence-electron chi connectivity index (χ4n) is 2.24. The van der Waals surface area contributed by atoms with Crippen molar-refractivity contribution < 1.29 is 4.79 Å². The SMILES string of the molecule is Cc1ccc(Sc2cc(C)c(C(Br)C=O)c(C)c2)cc1. The van der Waals surface area contributed by atoms with Crippen molar-refractivity contribution in [2.45, 2.75) is 35.4 Å². The lowest BCUT2D eigenvalue weighted by molar-refractivity contribution is -0.107.